The fraction of sp³-hybridized carbons (Fsp3) is 0.0909. The minimum absolute atomic E-state index is 0.468. The van der Waals surface area contributed by atoms with Gasteiger partial charge < -0.3 is 10.4 Å². The van der Waals surface area contributed by atoms with Crippen molar-refractivity contribution in [1.82, 2.24) is 0 Å². The number of carboxylic acids is 1. The average molecular weight is 284 g/mol. The van der Waals surface area contributed by atoms with E-state index in [1.165, 1.54) is 0 Å². The Balaban J connectivity index is 2.70. The monoisotopic (exact) mass is 283 g/mol. The van der Waals surface area contributed by atoms with Gasteiger partial charge in [-0.25, -0.2) is 4.79 Å². The molecule has 0 saturated carbocycles. The second kappa shape index (κ2) is 5.46. The number of nitrogens with one attached hydrogen (secondary N) is 1. The summed E-state index contributed by atoms with van der Waals surface area (Å²) in [6.07, 6.45) is 1.76. The zero-order valence-electron chi connectivity index (χ0n) is 8.53. The molecule has 0 unspecified atom stereocenters. The lowest BCUT2D eigenvalue weighted by molar-refractivity contribution is -0.131. The van der Waals surface area contributed by atoms with Crippen LogP contribution in [0.25, 0.3) is 0 Å². The molecule has 0 aromatic heterocycles. The van der Waals surface area contributed by atoms with Crippen LogP contribution in [0.5, 0.6) is 0 Å². The Bertz CT molecular complexity index is 455. The molecular formula is C11H10BrNO3. The molecule has 0 fully saturated rings. The Morgan fingerprint density at radius 3 is 2.62 bits per heavy atom. The first-order valence-corrected chi connectivity index (χ1v) is 5.26. The zero-order valence-corrected chi connectivity index (χ0v) is 10.1. The molecule has 0 saturated heterocycles. The fourth-order valence-corrected chi connectivity index (χ4v) is 1.30. The van der Waals surface area contributed by atoms with Gasteiger partial charge in [-0.15, -0.1) is 0 Å². The van der Waals surface area contributed by atoms with Gasteiger partial charge in [0.15, 0.2) is 0 Å². The van der Waals surface area contributed by atoms with Gasteiger partial charge in [-0.1, -0.05) is 15.9 Å². The van der Waals surface area contributed by atoms with Crippen LogP contribution in [-0.2, 0) is 9.59 Å². The third-order valence-corrected chi connectivity index (χ3v) is 2.69. The lowest BCUT2D eigenvalue weighted by atomic mass is 10.2. The van der Waals surface area contributed by atoms with Crippen LogP contribution in [0, 0.1) is 6.92 Å². The van der Waals surface area contributed by atoms with E-state index in [1.54, 1.807) is 12.1 Å². The number of carbonyl (C=O) groups is 2. The highest BCUT2D eigenvalue weighted by Gasteiger charge is 2.00. The Labute approximate surface area is 101 Å². The van der Waals surface area contributed by atoms with Gasteiger partial charge in [0, 0.05) is 22.3 Å². The number of carbonyl (C=O) groups excluding carboxylic acids is 1. The molecular weight excluding hydrogens is 274 g/mol. The first kappa shape index (κ1) is 12.4. The summed E-state index contributed by atoms with van der Waals surface area (Å²) < 4.78 is 0.951. The summed E-state index contributed by atoms with van der Waals surface area (Å²) in [5.74, 6) is -1.62. The summed E-state index contributed by atoms with van der Waals surface area (Å²) >= 11 is 3.34. The highest BCUT2D eigenvalue weighted by atomic mass is 79.9. The summed E-state index contributed by atoms with van der Waals surface area (Å²) in [6.45, 7) is 1.90. The van der Waals surface area contributed by atoms with E-state index in [4.69, 9.17) is 5.11 Å². The van der Waals surface area contributed by atoms with Crippen LogP contribution in [0.15, 0.2) is 34.8 Å². The van der Waals surface area contributed by atoms with Crippen molar-refractivity contribution in [3.63, 3.8) is 0 Å². The van der Waals surface area contributed by atoms with E-state index in [2.05, 4.69) is 21.2 Å². The van der Waals surface area contributed by atoms with Crippen molar-refractivity contribution < 1.29 is 14.7 Å². The maximum atomic E-state index is 11.2. The summed E-state index contributed by atoms with van der Waals surface area (Å²) in [5.41, 5.74) is 1.61. The van der Waals surface area contributed by atoms with Crippen molar-refractivity contribution in [3.05, 3.63) is 40.4 Å². The number of carboxylic acid groups (broad SMARTS) is 1. The highest BCUT2D eigenvalue weighted by Crippen LogP contribution is 2.19. The molecule has 0 aliphatic carbocycles. The van der Waals surface area contributed by atoms with E-state index in [0.717, 1.165) is 22.2 Å². The van der Waals surface area contributed by atoms with E-state index >= 15 is 0 Å². The topological polar surface area (TPSA) is 66.4 Å². The summed E-state index contributed by atoms with van der Waals surface area (Å²) in [5, 5.41) is 10.9. The van der Waals surface area contributed by atoms with Gasteiger partial charge in [0.05, 0.1) is 0 Å². The van der Waals surface area contributed by atoms with Gasteiger partial charge in [0.25, 0.3) is 0 Å². The molecule has 0 bridgehead atoms. The maximum absolute atomic E-state index is 11.2. The van der Waals surface area contributed by atoms with E-state index in [-0.39, 0.29) is 0 Å². The third kappa shape index (κ3) is 3.86. The first-order valence-electron chi connectivity index (χ1n) is 4.47. The van der Waals surface area contributed by atoms with Gasteiger partial charge in [-0.05, 0) is 30.7 Å². The van der Waals surface area contributed by atoms with Crippen molar-refractivity contribution in [3.8, 4) is 0 Å². The van der Waals surface area contributed by atoms with Crippen molar-refractivity contribution >= 4 is 33.5 Å². The number of benzene rings is 1. The molecule has 0 radical (unpaired) electrons. The van der Waals surface area contributed by atoms with Crippen LogP contribution < -0.4 is 5.32 Å². The summed E-state index contributed by atoms with van der Waals surface area (Å²) in [6, 6.07) is 5.33. The number of halogens is 1. The summed E-state index contributed by atoms with van der Waals surface area (Å²) in [7, 11) is 0. The first-order chi connectivity index (χ1) is 7.49. The van der Waals surface area contributed by atoms with Crippen molar-refractivity contribution in [1.29, 1.82) is 0 Å². The molecule has 0 heterocycles. The van der Waals surface area contributed by atoms with E-state index in [0.29, 0.717) is 5.69 Å². The Kier molecular flexibility index (Phi) is 4.25. The largest absolute Gasteiger partial charge is 0.478 e. The van der Waals surface area contributed by atoms with E-state index in [1.807, 2.05) is 13.0 Å². The van der Waals surface area contributed by atoms with Crippen molar-refractivity contribution in [2.75, 3.05) is 5.32 Å². The average Bonchev–Trinajstić information content (AvgIpc) is 2.21. The fourth-order valence-electron chi connectivity index (χ4n) is 1.05. The molecule has 84 valence electrons. The number of hydrogen-bond donors (Lipinski definition) is 2. The maximum Gasteiger partial charge on any atom is 0.328 e. The van der Waals surface area contributed by atoms with E-state index in [9.17, 15) is 9.59 Å². The summed E-state index contributed by atoms with van der Waals surface area (Å²) in [4.78, 5) is 21.4. The van der Waals surface area contributed by atoms with Gasteiger partial charge >= 0.3 is 5.97 Å². The quantitative estimate of drug-likeness (QED) is 0.837. The minimum Gasteiger partial charge on any atom is -0.478 e. The van der Waals surface area contributed by atoms with Crippen LogP contribution in [0.1, 0.15) is 5.56 Å². The second-order valence-corrected chi connectivity index (χ2v) is 3.98. The number of aryl methyl sites for hydroxylation is 1. The van der Waals surface area contributed by atoms with Crippen LogP contribution in [0.4, 0.5) is 5.69 Å². The molecule has 4 nitrogen and oxygen atoms in total. The number of anilines is 1. The number of amides is 1. The molecule has 0 aliphatic rings. The number of rotatable bonds is 3. The molecule has 16 heavy (non-hydrogen) atoms. The Hall–Kier alpha value is -1.62. The lowest BCUT2D eigenvalue weighted by Gasteiger charge is -2.04. The number of aliphatic carboxylic acids is 1. The van der Waals surface area contributed by atoms with E-state index < -0.39 is 11.9 Å². The molecule has 2 N–H and O–H groups in total. The lowest BCUT2D eigenvalue weighted by Crippen LogP contribution is -2.08. The van der Waals surface area contributed by atoms with Gasteiger partial charge in [-0.2, -0.15) is 0 Å². The predicted octanol–water partition coefficient (Wildman–Crippen LogP) is 2.34. The van der Waals surface area contributed by atoms with Crippen LogP contribution in [-0.4, -0.2) is 17.0 Å². The normalized spacial score (nSPS) is 10.4. The molecule has 1 amide bonds. The molecule has 1 rings (SSSR count). The van der Waals surface area contributed by atoms with Crippen molar-refractivity contribution in [2.45, 2.75) is 6.92 Å². The molecule has 5 heteroatoms. The van der Waals surface area contributed by atoms with Gasteiger partial charge in [-0.3, -0.25) is 4.79 Å². The third-order valence-electron chi connectivity index (χ3n) is 1.80. The predicted molar refractivity (Wildman–Crippen MR) is 64.3 cm³/mol. The molecule has 1 aromatic rings. The standard InChI is InChI=1S/C11H10BrNO3/c1-7-6-8(2-3-9(7)12)13-10(14)4-5-11(15)16/h2-6H,1H3,(H,13,14)(H,15,16)/b5-4+. The second-order valence-electron chi connectivity index (χ2n) is 3.12. The van der Waals surface area contributed by atoms with Gasteiger partial charge in [0.2, 0.25) is 5.91 Å². The SMILES string of the molecule is Cc1cc(NC(=O)/C=C/C(=O)O)ccc1Br. The van der Waals surface area contributed by atoms with Crippen molar-refractivity contribution in [2.24, 2.45) is 0 Å². The van der Waals surface area contributed by atoms with Gasteiger partial charge in [0.1, 0.15) is 0 Å². The molecule has 1 aromatic carbocycles. The zero-order chi connectivity index (χ0) is 12.1. The molecule has 0 spiro atoms. The van der Waals surface area contributed by atoms with Crippen LogP contribution >= 0.6 is 15.9 Å². The van der Waals surface area contributed by atoms with Crippen LogP contribution in [0.3, 0.4) is 0 Å². The Morgan fingerprint density at radius 2 is 2.06 bits per heavy atom. The molecule has 0 atom stereocenters. The smallest absolute Gasteiger partial charge is 0.328 e. The minimum atomic E-state index is -1.15. The Morgan fingerprint density at radius 1 is 1.38 bits per heavy atom. The number of hydrogen-bond acceptors (Lipinski definition) is 2. The van der Waals surface area contributed by atoms with Crippen LogP contribution in [0.2, 0.25) is 0 Å². The molecule has 0 aliphatic heterocycles. The highest BCUT2D eigenvalue weighted by molar-refractivity contribution is 9.10.